The Morgan fingerprint density at radius 1 is 0.972 bits per heavy atom. The standard InChI is InChI=1S/C29H33FN2O4/c1-34-27-9-5-6-21(28(27)35-2)19-31-16-17-36-26-11-10-23(18-22(26)20-31)29(33)12-14-32(15-13-29)25-8-4-3-7-24(25)30/h3-11,18,33H,12-17,19-20H2,1-2H3. The molecule has 5 rings (SSSR count). The second-order valence-electron chi connectivity index (χ2n) is 9.50. The van der Waals surface area contributed by atoms with Gasteiger partial charge in [-0.15, -0.1) is 0 Å². The number of rotatable bonds is 6. The number of benzene rings is 3. The Balaban J connectivity index is 1.33. The van der Waals surface area contributed by atoms with Gasteiger partial charge in [-0.1, -0.05) is 30.3 Å². The molecule has 36 heavy (non-hydrogen) atoms. The number of methoxy groups -OCH3 is 2. The molecule has 1 saturated heterocycles. The lowest BCUT2D eigenvalue weighted by molar-refractivity contribution is 0.0115. The topological polar surface area (TPSA) is 54.4 Å². The zero-order valence-electron chi connectivity index (χ0n) is 20.9. The van der Waals surface area contributed by atoms with E-state index in [2.05, 4.69) is 17.0 Å². The molecule has 0 aliphatic carbocycles. The minimum atomic E-state index is -0.954. The molecule has 6 nitrogen and oxygen atoms in total. The van der Waals surface area contributed by atoms with E-state index in [0.29, 0.717) is 57.1 Å². The Bertz CT molecular complexity index is 1210. The predicted molar refractivity (Wildman–Crippen MR) is 137 cm³/mol. The first-order valence-corrected chi connectivity index (χ1v) is 12.4. The number of hydrogen-bond donors (Lipinski definition) is 1. The lowest BCUT2D eigenvalue weighted by atomic mass is 9.83. The Morgan fingerprint density at radius 2 is 1.78 bits per heavy atom. The quantitative estimate of drug-likeness (QED) is 0.537. The van der Waals surface area contributed by atoms with E-state index in [1.807, 2.05) is 35.2 Å². The summed E-state index contributed by atoms with van der Waals surface area (Å²) in [5.74, 6) is 2.09. The number of aliphatic hydroxyl groups is 1. The van der Waals surface area contributed by atoms with Crippen LogP contribution in [0.2, 0.25) is 0 Å². The highest BCUT2D eigenvalue weighted by molar-refractivity contribution is 5.49. The van der Waals surface area contributed by atoms with Gasteiger partial charge in [0.05, 0.1) is 25.5 Å². The number of anilines is 1. The van der Waals surface area contributed by atoms with Gasteiger partial charge < -0.3 is 24.2 Å². The van der Waals surface area contributed by atoms with Crippen LogP contribution in [0, 0.1) is 5.82 Å². The first-order chi connectivity index (χ1) is 17.5. The van der Waals surface area contributed by atoms with Gasteiger partial charge in [0.25, 0.3) is 0 Å². The molecule has 2 aliphatic heterocycles. The smallest absolute Gasteiger partial charge is 0.165 e. The summed E-state index contributed by atoms with van der Waals surface area (Å²) >= 11 is 0. The van der Waals surface area contributed by atoms with Gasteiger partial charge in [-0.3, -0.25) is 4.90 Å². The molecule has 0 bridgehead atoms. The summed E-state index contributed by atoms with van der Waals surface area (Å²) in [6.45, 7) is 3.92. The van der Waals surface area contributed by atoms with E-state index < -0.39 is 5.60 Å². The molecule has 0 radical (unpaired) electrons. The van der Waals surface area contributed by atoms with Crippen LogP contribution in [-0.2, 0) is 18.7 Å². The van der Waals surface area contributed by atoms with E-state index in [0.717, 1.165) is 34.7 Å². The van der Waals surface area contributed by atoms with Gasteiger partial charge >= 0.3 is 0 Å². The van der Waals surface area contributed by atoms with Crippen molar-refractivity contribution < 1.29 is 23.7 Å². The van der Waals surface area contributed by atoms with Crippen LogP contribution < -0.4 is 19.1 Å². The van der Waals surface area contributed by atoms with Crippen LogP contribution in [0.1, 0.15) is 29.5 Å². The highest BCUT2D eigenvalue weighted by atomic mass is 19.1. The Hall–Kier alpha value is -3.29. The number of fused-ring (bicyclic) bond motifs is 1. The lowest BCUT2D eigenvalue weighted by Gasteiger charge is -2.40. The Morgan fingerprint density at radius 3 is 2.53 bits per heavy atom. The van der Waals surface area contributed by atoms with E-state index >= 15 is 0 Å². The average molecular weight is 493 g/mol. The molecule has 0 saturated carbocycles. The Kier molecular flexibility index (Phi) is 7.03. The molecule has 0 aromatic heterocycles. The van der Waals surface area contributed by atoms with E-state index in [1.54, 1.807) is 26.4 Å². The van der Waals surface area contributed by atoms with Gasteiger partial charge in [0.15, 0.2) is 11.5 Å². The van der Waals surface area contributed by atoms with Crippen molar-refractivity contribution in [2.24, 2.45) is 0 Å². The van der Waals surface area contributed by atoms with Crippen LogP contribution in [0.4, 0.5) is 10.1 Å². The maximum atomic E-state index is 14.3. The zero-order valence-corrected chi connectivity index (χ0v) is 20.9. The molecule has 1 N–H and O–H groups in total. The number of ether oxygens (including phenoxy) is 3. The molecule has 0 amide bonds. The molecule has 0 atom stereocenters. The summed E-state index contributed by atoms with van der Waals surface area (Å²) in [6, 6.07) is 18.8. The van der Waals surface area contributed by atoms with Crippen LogP contribution in [0.5, 0.6) is 17.2 Å². The van der Waals surface area contributed by atoms with Crippen molar-refractivity contribution in [3.8, 4) is 17.2 Å². The third-order valence-corrected chi connectivity index (χ3v) is 7.32. The summed E-state index contributed by atoms with van der Waals surface area (Å²) in [5.41, 5.74) is 2.63. The van der Waals surface area contributed by atoms with Crippen LogP contribution in [0.15, 0.2) is 60.7 Å². The van der Waals surface area contributed by atoms with Crippen molar-refractivity contribution in [1.29, 1.82) is 0 Å². The van der Waals surface area contributed by atoms with Crippen LogP contribution in [0.25, 0.3) is 0 Å². The van der Waals surface area contributed by atoms with E-state index in [1.165, 1.54) is 6.07 Å². The highest BCUT2D eigenvalue weighted by Crippen LogP contribution is 2.38. The van der Waals surface area contributed by atoms with Crippen molar-refractivity contribution in [3.63, 3.8) is 0 Å². The molecular formula is C29H33FN2O4. The first kappa shape index (κ1) is 24.4. The fraction of sp³-hybridized carbons (Fsp3) is 0.379. The molecule has 0 spiro atoms. The minimum absolute atomic E-state index is 0.224. The maximum Gasteiger partial charge on any atom is 0.165 e. The third-order valence-electron chi connectivity index (χ3n) is 7.32. The largest absolute Gasteiger partial charge is 0.493 e. The van der Waals surface area contributed by atoms with Crippen molar-refractivity contribution in [2.75, 3.05) is 45.4 Å². The summed E-state index contributed by atoms with van der Waals surface area (Å²) in [5, 5.41) is 11.6. The number of nitrogens with zero attached hydrogens (tertiary/aromatic N) is 2. The zero-order chi connectivity index (χ0) is 25.1. The molecule has 2 aliphatic rings. The molecule has 1 fully saturated rings. The normalized spacial score (nSPS) is 17.6. The van der Waals surface area contributed by atoms with Crippen LogP contribution in [0.3, 0.4) is 0 Å². The van der Waals surface area contributed by atoms with Crippen molar-refractivity contribution in [1.82, 2.24) is 4.90 Å². The molecule has 3 aromatic carbocycles. The fourth-order valence-electron chi connectivity index (χ4n) is 5.31. The monoisotopic (exact) mass is 492 g/mol. The predicted octanol–water partition coefficient (Wildman–Crippen LogP) is 4.73. The second-order valence-corrected chi connectivity index (χ2v) is 9.50. The maximum absolute atomic E-state index is 14.3. The van der Waals surface area contributed by atoms with Crippen molar-refractivity contribution >= 4 is 5.69 Å². The van der Waals surface area contributed by atoms with E-state index in [9.17, 15) is 9.50 Å². The molecule has 7 heteroatoms. The summed E-state index contributed by atoms with van der Waals surface area (Å²) in [6.07, 6.45) is 1.07. The van der Waals surface area contributed by atoms with Gasteiger partial charge in [0.1, 0.15) is 18.2 Å². The molecule has 3 aromatic rings. The fourth-order valence-corrected chi connectivity index (χ4v) is 5.31. The van der Waals surface area contributed by atoms with Crippen LogP contribution in [-0.4, -0.2) is 50.5 Å². The van der Waals surface area contributed by atoms with Crippen molar-refractivity contribution in [2.45, 2.75) is 31.5 Å². The molecule has 2 heterocycles. The van der Waals surface area contributed by atoms with Crippen molar-refractivity contribution in [3.05, 3.63) is 83.2 Å². The Labute approximate surface area is 211 Å². The highest BCUT2D eigenvalue weighted by Gasteiger charge is 2.35. The lowest BCUT2D eigenvalue weighted by Crippen LogP contribution is -2.43. The van der Waals surface area contributed by atoms with Gasteiger partial charge in [0, 0.05) is 43.9 Å². The van der Waals surface area contributed by atoms with Crippen LogP contribution >= 0.6 is 0 Å². The SMILES string of the molecule is COc1cccc(CN2CCOc3ccc(C4(O)CCN(c5ccccc5F)CC4)cc3C2)c1OC. The number of para-hydroxylation sites is 2. The number of halogens is 1. The van der Waals surface area contributed by atoms with Gasteiger partial charge in [-0.2, -0.15) is 0 Å². The first-order valence-electron chi connectivity index (χ1n) is 12.4. The number of hydrogen-bond acceptors (Lipinski definition) is 6. The average Bonchev–Trinajstić information content (AvgIpc) is 3.10. The molecular weight excluding hydrogens is 459 g/mol. The summed E-state index contributed by atoms with van der Waals surface area (Å²) < 4.78 is 31.4. The summed E-state index contributed by atoms with van der Waals surface area (Å²) in [4.78, 5) is 4.33. The second kappa shape index (κ2) is 10.4. The summed E-state index contributed by atoms with van der Waals surface area (Å²) in [7, 11) is 3.30. The van der Waals surface area contributed by atoms with E-state index in [4.69, 9.17) is 14.2 Å². The van der Waals surface area contributed by atoms with E-state index in [-0.39, 0.29) is 5.82 Å². The van der Waals surface area contributed by atoms with Gasteiger partial charge in [0.2, 0.25) is 0 Å². The van der Waals surface area contributed by atoms with Gasteiger partial charge in [-0.25, -0.2) is 4.39 Å². The molecule has 0 unspecified atom stereocenters. The minimum Gasteiger partial charge on any atom is -0.493 e. The molecule has 190 valence electrons. The van der Waals surface area contributed by atoms with Gasteiger partial charge in [-0.05, 0) is 48.7 Å². The third kappa shape index (κ3) is 4.86. The number of piperidine rings is 1.